The van der Waals surface area contributed by atoms with Gasteiger partial charge in [0.1, 0.15) is 0 Å². The van der Waals surface area contributed by atoms with Gasteiger partial charge in [-0.3, -0.25) is 10.2 Å². The first-order valence-corrected chi connectivity index (χ1v) is 20.1. The Morgan fingerprint density at radius 3 is 1.08 bits per heavy atom. The Bertz CT molecular complexity index is 1040. The third kappa shape index (κ3) is 26.6. The predicted molar refractivity (Wildman–Crippen MR) is 220 cm³/mol. The van der Waals surface area contributed by atoms with E-state index in [1.54, 1.807) is 6.92 Å². The van der Waals surface area contributed by atoms with Gasteiger partial charge in [-0.05, 0) is 70.0 Å². The van der Waals surface area contributed by atoms with Crippen LogP contribution in [-0.2, 0) is 20.4 Å². The summed E-state index contributed by atoms with van der Waals surface area (Å²) in [5.74, 6) is 0. The first kappa shape index (κ1) is 60.4. The molecular formula is C29H80N10O8P2S2. The maximum absolute atomic E-state index is 11.7. The van der Waals surface area contributed by atoms with Crippen molar-refractivity contribution in [2.45, 2.75) is 83.7 Å². The van der Waals surface area contributed by atoms with Gasteiger partial charge in [-0.2, -0.15) is 34.1 Å². The first-order chi connectivity index (χ1) is 22.6. The van der Waals surface area contributed by atoms with Crippen molar-refractivity contribution in [3.8, 4) is 0 Å². The maximum Gasteiger partial charge on any atom is 0.281 e. The van der Waals surface area contributed by atoms with Crippen molar-refractivity contribution in [1.82, 2.24) is 47.8 Å². The minimum absolute atomic E-state index is 0. The van der Waals surface area contributed by atoms with Gasteiger partial charge < -0.3 is 40.9 Å². The molecule has 10 atom stereocenters. The van der Waals surface area contributed by atoms with Gasteiger partial charge in [-0.15, -0.1) is 0 Å². The molecule has 0 aromatic heterocycles. The molecule has 18 nitrogen and oxygen atoms in total. The number of hydrogen-bond donors (Lipinski definition) is 8. The van der Waals surface area contributed by atoms with Crippen molar-refractivity contribution in [3.05, 3.63) is 0 Å². The maximum atomic E-state index is 11.7. The first-order valence-electron chi connectivity index (χ1n) is 16.2. The summed E-state index contributed by atoms with van der Waals surface area (Å²) in [7, 11) is 17.8. The number of rotatable bonds is 20. The highest BCUT2D eigenvalue weighted by atomic mass is 32.2. The summed E-state index contributed by atoms with van der Waals surface area (Å²) < 4.78 is 51.1. The molecule has 0 aliphatic heterocycles. The Morgan fingerprint density at radius 2 is 0.804 bits per heavy atom. The lowest BCUT2D eigenvalue weighted by Gasteiger charge is -2.29. The number of aliphatic hydroxyl groups excluding tert-OH is 4. The van der Waals surface area contributed by atoms with Crippen LogP contribution in [0, 0.1) is 0 Å². The van der Waals surface area contributed by atoms with E-state index < -0.39 is 32.6 Å². The summed E-state index contributed by atoms with van der Waals surface area (Å²) in [6, 6.07) is 0.0597. The lowest BCUT2D eigenvalue weighted by molar-refractivity contribution is 0.0723. The molecular weight excluding hydrogens is 742 g/mol. The van der Waals surface area contributed by atoms with E-state index in [1.165, 1.54) is 42.3 Å². The third-order valence-corrected chi connectivity index (χ3v) is 12.6. The van der Waals surface area contributed by atoms with Crippen LogP contribution in [0.15, 0.2) is 0 Å². The Morgan fingerprint density at radius 1 is 0.529 bits per heavy atom. The molecule has 0 radical (unpaired) electrons. The molecule has 0 heterocycles. The van der Waals surface area contributed by atoms with Gasteiger partial charge in [0, 0.05) is 92.6 Å². The standard InChI is InChI=1S/C9H23N3O3S.C7H20N3O3PS.C7H18N2O.C5H15N2OP.CH4/c1-8(10(2)3)9(13)7-12(6)16(14,15)11(4)5;1-6(8-14)7(11)5-10(4)15(12,13)9(2)3;1-6(9(3)4)7(10)5-8-2;1-4(7-9)5(8)3-6-2;/h8-9,13H,7H2,1-6H3;6-8,11H,5,14H2,1-4H3;6-8,10H,5H2,1-4H3;4-8H,3,9H2,1-2H3;1H4/t8-,9?;2*6-,7?;4-,5?;/m0000./s1. The number of hydrogen-bond acceptors (Lipinski definition) is 14. The SMILES string of the molecule is C.CNCC(O)[C@H](C)N(C)C.CNCC(O)[C@H](C)NP.C[C@@H](C(O)CN(C)S(=O)(=O)N(C)C)N(C)C.C[C@H](NP)C(O)CN(C)S(=O)(=O)N(C)C. The Balaban J connectivity index is -0.000000188. The van der Waals surface area contributed by atoms with Gasteiger partial charge in [0.2, 0.25) is 0 Å². The second-order valence-electron chi connectivity index (χ2n) is 12.8. The van der Waals surface area contributed by atoms with E-state index in [0.29, 0.717) is 13.1 Å². The van der Waals surface area contributed by atoms with E-state index >= 15 is 0 Å². The molecule has 0 saturated heterocycles. The second-order valence-corrected chi connectivity index (χ2v) is 18.0. The largest absolute Gasteiger partial charge is 0.390 e. The molecule has 6 unspecified atom stereocenters. The van der Waals surface area contributed by atoms with Gasteiger partial charge in [0.25, 0.3) is 20.4 Å². The lowest BCUT2D eigenvalue weighted by Crippen LogP contribution is -2.47. The Labute approximate surface area is 317 Å². The molecule has 0 aromatic carbocycles. The molecule has 22 heteroatoms. The highest BCUT2D eigenvalue weighted by Crippen LogP contribution is 2.07. The van der Waals surface area contributed by atoms with Crippen LogP contribution in [0.5, 0.6) is 0 Å². The normalized spacial score (nSPS) is 16.9. The quantitative estimate of drug-likeness (QED) is 0.0591. The zero-order chi connectivity index (χ0) is 40.7. The van der Waals surface area contributed by atoms with Crippen LogP contribution in [0.25, 0.3) is 0 Å². The van der Waals surface area contributed by atoms with E-state index in [0.717, 1.165) is 17.2 Å². The predicted octanol–water partition coefficient (Wildman–Crippen LogP) is -2.62. The molecule has 0 amide bonds. The number of nitrogens with zero attached hydrogens (tertiary/aromatic N) is 6. The van der Waals surface area contributed by atoms with Crippen molar-refractivity contribution < 1.29 is 37.3 Å². The lowest BCUT2D eigenvalue weighted by atomic mass is 10.2. The molecule has 316 valence electrons. The summed E-state index contributed by atoms with van der Waals surface area (Å²) in [5, 5.41) is 49.5. The minimum atomic E-state index is -3.44. The average Bonchev–Trinajstić information content (AvgIpc) is 3.03. The summed E-state index contributed by atoms with van der Waals surface area (Å²) in [6.07, 6.45) is -2.05. The van der Waals surface area contributed by atoms with Crippen molar-refractivity contribution in [2.75, 3.05) is 111 Å². The molecule has 0 aliphatic carbocycles. The molecule has 0 aliphatic rings. The second kappa shape index (κ2) is 31.4. The van der Waals surface area contributed by atoms with Crippen LogP contribution in [0.2, 0.25) is 0 Å². The molecule has 0 spiro atoms. The number of aliphatic hydroxyl groups is 4. The number of nitrogens with one attached hydrogen (secondary N) is 4. The van der Waals surface area contributed by atoms with Crippen LogP contribution < -0.4 is 20.8 Å². The number of likely N-dealkylation sites (N-methyl/N-ethyl adjacent to an activating group) is 6. The van der Waals surface area contributed by atoms with E-state index in [2.05, 4.69) is 39.6 Å². The molecule has 8 N–H and O–H groups in total. The van der Waals surface area contributed by atoms with E-state index in [1.807, 2.05) is 72.9 Å². The molecule has 0 rings (SSSR count). The van der Waals surface area contributed by atoms with E-state index in [-0.39, 0.29) is 56.9 Å². The van der Waals surface area contributed by atoms with Crippen LogP contribution >= 0.6 is 18.8 Å². The molecule has 0 saturated carbocycles. The summed E-state index contributed by atoms with van der Waals surface area (Å²) >= 11 is 0. The highest BCUT2D eigenvalue weighted by molar-refractivity contribution is 7.86. The van der Waals surface area contributed by atoms with Gasteiger partial charge >= 0.3 is 0 Å². The van der Waals surface area contributed by atoms with Crippen molar-refractivity contribution >= 4 is 39.2 Å². The molecule has 0 bridgehead atoms. The third-order valence-electron chi connectivity index (χ3n) is 7.85. The molecule has 0 aromatic rings. The fourth-order valence-electron chi connectivity index (χ4n) is 3.26. The van der Waals surface area contributed by atoms with Gasteiger partial charge in [-0.1, -0.05) is 26.2 Å². The van der Waals surface area contributed by atoms with Crippen molar-refractivity contribution in [1.29, 1.82) is 0 Å². The molecule has 51 heavy (non-hydrogen) atoms. The van der Waals surface area contributed by atoms with Crippen molar-refractivity contribution in [3.63, 3.8) is 0 Å². The van der Waals surface area contributed by atoms with E-state index in [9.17, 15) is 37.3 Å². The van der Waals surface area contributed by atoms with E-state index in [4.69, 9.17) is 0 Å². The highest BCUT2D eigenvalue weighted by Gasteiger charge is 2.26. The zero-order valence-electron chi connectivity index (χ0n) is 33.5. The van der Waals surface area contributed by atoms with Gasteiger partial charge in [0.15, 0.2) is 0 Å². The topological polar surface area (TPSA) is 217 Å². The summed E-state index contributed by atoms with van der Waals surface area (Å²) in [5.41, 5.74) is 0. The van der Waals surface area contributed by atoms with Crippen LogP contribution in [-0.4, -0.2) is 224 Å². The Kier molecular flexibility index (Phi) is 37.2. The minimum Gasteiger partial charge on any atom is -0.390 e. The van der Waals surface area contributed by atoms with Crippen LogP contribution in [0.3, 0.4) is 0 Å². The van der Waals surface area contributed by atoms with Gasteiger partial charge in [0.05, 0.1) is 24.4 Å². The Hall–Kier alpha value is 0.200. The van der Waals surface area contributed by atoms with Gasteiger partial charge in [-0.25, -0.2) is 0 Å². The fraction of sp³-hybridized carbons (Fsp3) is 1.00. The summed E-state index contributed by atoms with van der Waals surface area (Å²) in [6.45, 7) is 8.97. The summed E-state index contributed by atoms with van der Waals surface area (Å²) in [4.78, 5) is 3.85. The molecule has 0 fully saturated rings. The fourth-order valence-corrected chi connectivity index (χ4v) is 5.50. The van der Waals surface area contributed by atoms with Crippen LogP contribution in [0.1, 0.15) is 35.1 Å². The van der Waals surface area contributed by atoms with Crippen molar-refractivity contribution in [2.24, 2.45) is 0 Å². The van der Waals surface area contributed by atoms with Crippen LogP contribution in [0.4, 0.5) is 0 Å². The smallest absolute Gasteiger partial charge is 0.281 e. The monoisotopic (exact) mass is 823 g/mol. The zero-order valence-corrected chi connectivity index (χ0v) is 37.5. The average molecular weight is 823 g/mol.